The van der Waals surface area contributed by atoms with Gasteiger partial charge in [0.25, 0.3) is 0 Å². The monoisotopic (exact) mass is 417 g/mol. The van der Waals surface area contributed by atoms with Crippen molar-refractivity contribution in [1.29, 1.82) is 0 Å². The first-order valence-corrected chi connectivity index (χ1v) is 10.7. The van der Waals surface area contributed by atoms with E-state index < -0.39 is 5.97 Å². The van der Waals surface area contributed by atoms with Gasteiger partial charge in [-0.25, -0.2) is 4.79 Å². The van der Waals surface area contributed by atoms with E-state index in [1.807, 2.05) is 24.3 Å². The lowest BCUT2D eigenvalue weighted by Crippen LogP contribution is -2.18. The van der Waals surface area contributed by atoms with Crippen molar-refractivity contribution in [2.75, 3.05) is 19.8 Å². The minimum Gasteiger partial charge on any atom is -0.486 e. The number of fused-ring (bicyclic) bond motifs is 3. The highest BCUT2D eigenvalue weighted by molar-refractivity contribution is 6.06. The number of para-hydroxylation sites is 1. The first-order valence-electron chi connectivity index (χ1n) is 10.7. The first kappa shape index (κ1) is 19.5. The van der Waals surface area contributed by atoms with Crippen LogP contribution in [0.2, 0.25) is 0 Å². The van der Waals surface area contributed by atoms with Crippen molar-refractivity contribution < 1.29 is 23.8 Å². The summed E-state index contributed by atoms with van der Waals surface area (Å²) in [6, 6.07) is 12.6. The number of carbonyl (C=O) groups is 2. The molecular formula is C25H23NO5. The second kappa shape index (κ2) is 8.38. The van der Waals surface area contributed by atoms with E-state index in [1.165, 1.54) is 0 Å². The van der Waals surface area contributed by atoms with Gasteiger partial charge in [-0.1, -0.05) is 24.6 Å². The van der Waals surface area contributed by atoms with Crippen LogP contribution in [-0.2, 0) is 17.6 Å². The Morgan fingerprint density at radius 3 is 2.65 bits per heavy atom. The Kier molecular flexibility index (Phi) is 5.28. The van der Waals surface area contributed by atoms with E-state index in [0.717, 1.165) is 54.3 Å². The zero-order chi connectivity index (χ0) is 21.2. The van der Waals surface area contributed by atoms with Crippen LogP contribution in [0.1, 0.15) is 51.2 Å². The zero-order valence-electron chi connectivity index (χ0n) is 17.2. The van der Waals surface area contributed by atoms with Gasteiger partial charge in [0.05, 0.1) is 11.1 Å². The molecule has 1 aliphatic carbocycles. The molecule has 0 saturated carbocycles. The summed E-state index contributed by atoms with van der Waals surface area (Å²) in [4.78, 5) is 30.7. The number of rotatable bonds is 4. The van der Waals surface area contributed by atoms with Crippen molar-refractivity contribution in [2.24, 2.45) is 0 Å². The van der Waals surface area contributed by atoms with Gasteiger partial charge in [0.1, 0.15) is 13.2 Å². The van der Waals surface area contributed by atoms with Crippen LogP contribution in [0.4, 0.5) is 0 Å². The fourth-order valence-electron chi connectivity index (χ4n) is 4.29. The van der Waals surface area contributed by atoms with Gasteiger partial charge in [0.2, 0.25) is 0 Å². The topological polar surface area (TPSA) is 74.7 Å². The molecule has 6 nitrogen and oxygen atoms in total. The average Bonchev–Trinajstić information content (AvgIpc) is 3.05. The molecule has 0 amide bonds. The summed E-state index contributed by atoms with van der Waals surface area (Å²) < 4.78 is 16.5. The number of carbonyl (C=O) groups excluding carboxylic acids is 2. The minimum atomic E-state index is -0.470. The molecular weight excluding hydrogens is 394 g/mol. The van der Waals surface area contributed by atoms with Crippen LogP contribution in [0.25, 0.3) is 10.9 Å². The highest BCUT2D eigenvalue weighted by Crippen LogP contribution is 2.31. The van der Waals surface area contributed by atoms with Gasteiger partial charge in [0, 0.05) is 16.6 Å². The molecule has 0 spiro atoms. The van der Waals surface area contributed by atoms with Gasteiger partial charge >= 0.3 is 5.97 Å². The first-order chi connectivity index (χ1) is 15.2. The number of nitrogens with zero attached hydrogens (tertiary/aromatic N) is 1. The van der Waals surface area contributed by atoms with Crippen LogP contribution in [0.15, 0.2) is 42.5 Å². The fraction of sp³-hybridized carbons (Fsp3) is 0.320. The Hall–Kier alpha value is -3.41. The van der Waals surface area contributed by atoms with Crippen LogP contribution in [-0.4, -0.2) is 36.6 Å². The predicted octanol–water partition coefficient (Wildman–Crippen LogP) is 4.31. The van der Waals surface area contributed by atoms with Crippen LogP contribution >= 0.6 is 0 Å². The van der Waals surface area contributed by atoms with E-state index in [1.54, 1.807) is 18.2 Å². The Labute approximate surface area is 180 Å². The summed E-state index contributed by atoms with van der Waals surface area (Å²) in [6.45, 7) is 0.603. The zero-order valence-corrected chi connectivity index (χ0v) is 17.2. The quantitative estimate of drug-likeness (QED) is 0.358. The van der Waals surface area contributed by atoms with Crippen molar-refractivity contribution in [3.05, 3.63) is 64.8 Å². The van der Waals surface area contributed by atoms with Gasteiger partial charge in [-0.15, -0.1) is 0 Å². The van der Waals surface area contributed by atoms with E-state index in [2.05, 4.69) is 0 Å². The summed E-state index contributed by atoms with van der Waals surface area (Å²) in [5, 5.41) is 0.778. The third-order valence-corrected chi connectivity index (χ3v) is 5.82. The van der Waals surface area contributed by atoms with Crippen molar-refractivity contribution >= 4 is 22.7 Å². The van der Waals surface area contributed by atoms with Crippen molar-refractivity contribution in [3.63, 3.8) is 0 Å². The molecule has 6 heteroatoms. The van der Waals surface area contributed by atoms with E-state index in [4.69, 9.17) is 19.2 Å². The molecule has 1 aromatic heterocycles. The molecule has 0 saturated heterocycles. The smallest absolute Gasteiger partial charge is 0.339 e. The SMILES string of the molecule is O=C(COC(=O)c1c2c(nc3ccccc13)CCCCC2)c1ccc2c(c1)OCCO2. The Balaban J connectivity index is 1.40. The molecule has 0 unspecified atom stereocenters. The van der Waals surface area contributed by atoms with Gasteiger partial charge in [-0.2, -0.15) is 0 Å². The molecule has 0 fully saturated rings. The van der Waals surface area contributed by atoms with Gasteiger partial charge in [0.15, 0.2) is 23.9 Å². The normalized spacial score (nSPS) is 15.1. The number of Topliss-reactive ketones (excluding diaryl/α,β-unsaturated/α-hetero) is 1. The number of ketones is 1. The molecule has 3 aromatic rings. The number of ether oxygens (including phenoxy) is 3. The molecule has 2 aliphatic rings. The standard InChI is InChI=1S/C25H23NO5/c27-21(16-10-11-22-23(14-16)30-13-12-29-22)15-31-25(28)24-17-6-2-1-3-8-19(17)26-20-9-5-4-7-18(20)24/h4-5,7,9-11,14H,1-3,6,8,12-13,15H2. The van der Waals surface area contributed by atoms with Gasteiger partial charge in [-0.05, 0) is 55.5 Å². The molecule has 0 radical (unpaired) electrons. The van der Waals surface area contributed by atoms with Crippen molar-refractivity contribution in [3.8, 4) is 11.5 Å². The van der Waals surface area contributed by atoms with Crippen LogP contribution in [0.3, 0.4) is 0 Å². The predicted molar refractivity (Wildman–Crippen MR) is 115 cm³/mol. The van der Waals surface area contributed by atoms with E-state index in [-0.39, 0.29) is 12.4 Å². The van der Waals surface area contributed by atoms with Crippen LogP contribution in [0, 0.1) is 0 Å². The maximum absolute atomic E-state index is 13.2. The third kappa shape index (κ3) is 3.85. The molecule has 2 heterocycles. The second-order valence-corrected chi connectivity index (χ2v) is 7.85. The van der Waals surface area contributed by atoms with Crippen LogP contribution < -0.4 is 9.47 Å². The van der Waals surface area contributed by atoms with Crippen molar-refractivity contribution in [1.82, 2.24) is 4.98 Å². The summed E-state index contributed by atoms with van der Waals surface area (Å²) in [5.74, 6) is 0.400. The minimum absolute atomic E-state index is 0.283. The Morgan fingerprint density at radius 1 is 0.935 bits per heavy atom. The lowest BCUT2D eigenvalue weighted by atomic mass is 9.97. The highest BCUT2D eigenvalue weighted by atomic mass is 16.6. The molecule has 0 atom stereocenters. The number of pyridine rings is 1. The second-order valence-electron chi connectivity index (χ2n) is 7.85. The lowest BCUT2D eigenvalue weighted by molar-refractivity contribution is 0.0475. The largest absolute Gasteiger partial charge is 0.486 e. The summed E-state index contributed by atoms with van der Waals surface area (Å²) in [7, 11) is 0. The molecule has 31 heavy (non-hydrogen) atoms. The molecule has 5 rings (SSSR count). The molecule has 0 bridgehead atoms. The lowest BCUT2D eigenvalue weighted by Gasteiger charge is -2.18. The van der Waals surface area contributed by atoms with Crippen molar-refractivity contribution in [2.45, 2.75) is 32.1 Å². The van der Waals surface area contributed by atoms with E-state index >= 15 is 0 Å². The highest BCUT2D eigenvalue weighted by Gasteiger charge is 2.24. The maximum Gasteiger partial charge on any atom is 0.339 e. The molecule has 1 aliphatic heterocycles. The molecule has 2 aromatic carbocycles. The van der Waals surface area contributed by atoms with Gasteiger partial charge in [-0.3, -0.25) is 9.78 Å². The van der Waals surface area contributed by atoms with E-state index in [0.29, 0.717) is 35.8 Å². The number of aryl methyl sites for hydroxylation is 1. The Bertz CT molecular complexity index is 1170. The summed E-state index contributed by atoms with van der Waals surface area (Å²) in [5.41, 5.74) is 3.70. The number of esters is 1. The average molecular weight is 417 g/mol. The number of hydrogen-bond acceptors (Lipinski definition) is 6. The number of hydrogen-bond donors (Lipinski definition) is 0. The molecule has 158 valence electrons. The number of benzene rings is 2. The van der Waals surface area contributed by atoms with E-state index in [9.17, 15) is 9.59 Å². The maximum atomic E-state index is 13.2. The van der Waals surface area contributed by atoms with Gasteiger partial charge < -0.3 is 14.2 Å². The summed E-state index contributed by atoms with van der Waals surface area (Å²) in [6.07, 6.45) is 4.85. The Morgan fingerprint density at radius 2 is 1.74 bits per heavy atom. The fourth-order valence-corrected chi connectivity index (χ4v) is 4.29. The summed E-state index contributed by atoms with van der Waals surface area (Å²) >= 11 is 0. The number of aromatic nitrogens is 1. The molecule has 0 N–H and O–H groups in total. The third-order valence-electron chi connectivity index (χ3n) is 5.82. The van der Waals surface area contributed by atoms with Crippen LogP contribution in [0.5, 0.6) is 11.5 Å².